The zero-order valence-corrected chi connectivity index (χ0v) is 15.2. The number of nitrogens with one attached hydrogen (secondary N) is 1. The Morgan fingerprint density at radius 2 is 2.20 bits per heavy atom. The summed E-state index contributed by atoms with van der Waals surface area (Å²) in [4.78, 5) is 41.7. The van der Waals surface area contributed by atoms with Gasteiger partial charge in [0.05, 0.1) is 0 Å². The highest BCUT2D eigenvalue weighted by Gasteiger charge is 2.26. The van der Waals surface area contributed by atoms with Crippen molar-refractivity contribution in [1.29, 1.82) is 0 Å². The highest BCUT2D eigenvalue weighted by Crippen LogP contribution is 2.23. The van der Waals surface area contributed by atoms with Crippen molar-refractivity contribution in [2.45, 2.75) is 51.6 Å². The number of carbonyl (C=O) groups is 1. The van der Waals surface area contributed by atoms with Crippen molar-refractivity contribution in [2.75, 3.05) is 6.54 Å². The van der Waals surface area contributed by atoms with Gasteiger partial charge >= 0.3 is 5.69 Å². The molecule has 1 saturated heterocycles. The van der Waals surface area contributed by atoms with Gasteiger partial charge in [0.15, 0.2) is 0 Å². The summed E-state index contributed by atoms with van der Waals surface area (Å²) in [6, 6.07) is 4.40. The van der Waals surface area contributed by atoms with Crippen molar-refractivity contribution in [2.24, 2.45) is 0 Å². The molecule has 0 aromatic carbocycles. The number of hydrogen-bond acceptors (Lipinski definition) is 4. The molecule has 2 aromatic heterocycles. The molecule has 1 atom stereocenters. The summed E-state index contributed by atoms with van der Waals surface area (Å²) in [5.41, 5.74) is -0.503. The van der Waals surface area contributed by atoms with Crippen LogP contribution >= 0.6 is 11.3 Å². The van der Waals surface area contributed by atoms with Crippen LogP contribution < -0.4 is 11.2 Å². The summed E-state index contributed by atoms with van der Waals surface area (Å²) in [5.74, 6) is -0.0515. The van der Waals surface area contributed by atoms with Crippen molar-refractivity contribution in [3.8, 4) is 0 Å². The molecule has 2 aromatic rings. The minimum atomic E-state index is -0.531. The Bertz CT molecular complexity index is 838. The molecule has 6 nitrogen and oxygen atoms in total. The van der Waals surface area contributed by atoms with Gasteiger partial charge in [-0.1, -0.05) is 6.07 Å². The van der Waals surface area contributed by atoms with Gasteiger partial charge in [0, 0.05) is 29.2 Å². The molecular formula is C18H23N3O3S. The number of likely N-dealkylation sites (tertiary alicyclic amines) is 1. The van der Waals surface area contributed by atoms with Gasteiger partial charge in [-0.05, 0) is 50.5 Å². The van der Waals surface area contributed by atoms with Gasteiger partial charge in [0.25, 0.3) is 5.56 Å². The van der Waals surface area contributed by atoms with E-state index in [2.05, 4.69) is 22.5 Å². The van der Waals surface area contributed by atoms with Crippen LogP contribution in [0.5, 0.6) is 0 Å². The molecule has 0 saturated carbocycles. The standard InChI is InChI=1S/C18H23N3O3S/c1-13-11-20(18(24)19-17(13)23)12-16(22)21-9-3-2-5-14(21)7-8-15-6-4-10-25-15/h4,6,10-11,14H,2-3,5,7-9,12H2,1H3,(H,19,23,24). The first-order valence-corrected chi connectivity index (χ1v) is 9.55. The molecule has 7 heteroatoms. The fraction of sp³-hybridized carbons (Fsp3) is 0.500. The van der Waals surface area contributed by atoms with E-state index in [1.165, 1.54) is 15.6 Å². The number of piperidine rings is 1. The van der Waals surface area contributed by atoms with Crippen LogP contribution in [-0.2, 0) is 17.8 Å². The molecule has 0 radical (unpaired) electrons. The number of rotatable bonds is 5. The fourth-order valence-corrected chi connectivity index (χ4v) is 4.09. The number of aromatic nitrogens is 2. The minimum absolute atomic E-state index is 0.0219. The number of thiophene rings is 1. The number of carbonyl (C=O) groups excluding carboxylic acids is 1. The average molecular weight is 361 g/mol. The lowest BCUT2D eigenvalue weighted by atomic mass is 9.97. The number of H-pyrrole nitrogens is 1. The van der Waals surface area contributed by atoms with Gasteiger partial charge < -0.3 is 4.90 Å². The van der Waals surface area contributed by atoms with Crippen molar-refractivity contribution in [1.82, 2.24) is 14.5 Å². The van der Waals surface area contributed by atoms with Gasteiger partial charge in [0.2, 0.25) is 5.91 Å². The second-order valence-electron chi connectivity index (χ2n) is 6.55. The molecular weight excluding hydrogens is 338 g/mol. The molecule has 3 heterocycles. The third-order valence-electron chi connectivity index (χ3n) is 4.75. The lowest BCUT2D eigenvalue weighted by Gasteiger charge is -2.36. The van der Waals surface area contributed by atoms with Gasteiger partial charge in [-0.3, -0.25) is 19.1 Å². The Morgan fingerprint density at radius 1 is 1.36 bits per heavy atom. The van der Waals surface area contributed by atoms with Gasteiger partial charge in [0.1, 0.15) is 6.54 Å². The van der Waals surface area contributed by atoms with Crippen molar-refractivity contribution >= 4 is 17.2 Å². The van der Waals surface area contributed by atoms with E-state index in [1.54, 1.807) is 18.3 Å². The van der Waals surface area contributed by atoms with Gasteiger partial charge in [-0.2, -0.15) is 0 Å². The van der Waals surface area contributed by atoms with E-state index in [0.717, 1.165) is 38.6 Å². The molecule has 1 fully saturated rings. The quantitative estimate of drug-likeness (QED) is 0.884. The average Bonchev–Trinajstić information content (AvgIpc) is 3.11. The Morgan fingerprint density at radius 3 is 2.96 bits per heavy atom. The van der Waals surface area contributed by atoms with E-state index in [0.29, 0.717) is 5.56 Å². The summed E-state index contributed by atoms with van der Waals surface area (Å²) >= 11 is 1.75. The second-order valence-corrected chi connectivity index (χ2v) is 7.59. The largest absolute Gasteiger partial charge is 0.338 e. The molecule has 0 aliphatic carbocycles. The van der Waals surface area contributed by atoms with E-state index >= 15 is 0 Å². The summed E-state index contributed by atoms with van der Waals surface area (Å²) < 4.78 is 1.30. The van der Waals surface area contributed by atoms with E-state index in [1.807, 2.05) is 4.90 Å². The molecule has 0 bridgehead atoms. The second kappa shape index (κ2) is 7.82. The van der Waals surface area contributed by atoms with E-state index in [-0.39, 0.29) is 18.5 Å². The van der Waals surface area contributed by atoms with Crippen LogP contribution in [0.15, 0.2) is 33.3 Å². The summed E-state index contributed by atoms with van der Waals surface area (Å²) in [5, 5.41) is 2.07. The van der Waals surface area contributed by atoms with Crippen molar-refractivity contribution in [3.05, 3.63) is 55.0 Å². The van der Waals surface area contributed by atoms with Crippen LogP contribution in [0.1, 0.15) is 36.1 Å². The molecule has 0 spiro atoms. The van der Waals surface area contributed by atoms with E-state index in [4.69, 9.17) is 0 Å². The molecule has 1 amide bonds. The molecule has 1 unspecified atom stereocenters. The maximum atomic E-state index is 12.8. The van der Waals surface area contributed by atoms with Crippen molar-refractivity contribution in [3.63, 3.8) is 0 Å². The molecule has 3 rings (SSSR count). The molecule has 1 aliphatic rings. The van der Waals surface area contributed by atoms with E-state index in [9.17, 15) is 14.4 Å². The number of hydrogen-bond donors (Lipinski definition) is 1. The first kappa shape index (κ1) is 17.7. The predicted molar refractivity (Wildman–Crippen MR) is 98.1 cm³/mol. The van der Waals surface area contributed by atoms with Crippen LogP contribution in [0.4, 0.5) is 0 Å². The Hall–Kier alpha value is -2.15. The summed E-state index contributed by atoms with van der Waals surface area (Å²) in [7, 11) is 0. The van der Waals surface area contributed by atoms with Crippen LogP contribution in [0.3, 0.4) is 0 Å². The maximum absolute atomic E-state index is 12.8. The Labute approximate surface area is 150 Å². The molecule has 134 valence electrons. The highest BCUT2D eigenvalue weighted by atomic mass is 32.1. The zero-order chi connectivity index (χ0) is 17.8. The number of aromatic amines is 1. The smallest absolute Gasteiger partial charge is 0.328 e. The summed E-state index contributed by atoms with van der Waals surface area (Å²) in [6.07, 6.45) is 6.54. The van der Waals surface area contributed by atoms with Gasteiger partial charge in [-0.15, -0.1) is 11.3 Å². The number of amides is 1. The lowest BCUT2D eigenvalue weighted by molar-refractivity contribution is -0.135. The fourth-order valence-electron chi connectivity index (χ4n) is 3.37. The SMILES string of the molecule is Cc1cn(CC(=O)N2CCCCC2CCc2cccs2)c(=O)[nH]c1=O. The predicted octanol–water partition coefficient (Wildman–Crippen LogP) is 1.92. The van der Waals surface area contributed by atoms with Crippen molar-refractivity contribution < 1.29 is 4.79 Å². The molecule has 1 aliphatic heterocycles. The molecule has 25 heavy (non-hydrogen) atoms. The van der Waals surface area contributed by atoms with Crippen LogP contribution in [0.25, 0.3) is 0 Å². The minimum Gasteiger partial charge on any atom is -0.338 e. The van der Waals surface area contributed by atoms with Crippen LogP contribution in [-0.4, -0.2) is 32.9 Å². The first-order valence-electron chi connectivity index (χ1n) is 8.67. The Balaban J connectivity index is 1.69. The Kier molecular flexibility index (Phi) is 5.53. The maximum Gasteiger partial charge on any atom is 0.328 e. The van der Waals surface area contributed by atoms with Gasteiger partial charge in [-0.25, -0.2) is 4.79 Å². The highest BCUT2D eigenvalue weighted by molar-refractivity contribution is 7.09. The topological polar surface area (TPSA) is 75.2 Å². The van der Waals surface area contributed by atoms with Crippen LogP contribution in [0, 0.1) is 6.92 Å². The number of aryl methyl sites for hydroxylation is 2. The third-order valence-corrected chi connectivity index (χ3v) is 5.68. The normalized spacial score (nSPS) is 17.6. The number of nitrogens with zero attached hydrogens (tertiary/aromatic N) is 2. The van der Waals surface area contributed by atoms with Crippen LogP contribution in [0.2, 0.25) is 0 Å². The van der Waals surface area contributed by atoms with E-state index < -0.39 is 11.2 Å². The third kappa shape index (κ3) is 4.28. The first-order chi connectivity index (χ1) is 12.0. The lowest BCUT2D eigenvalue weighted by Crippen LogP contribution is -2.46. The monoisotopic (exact) mass is 361 g/mol. The summed E-state index contributed by atoms with van der Waals surface area (Å²) in [6.45, 7) is 2.35. The zero-order valence-electron chi connectivity index (χ0n) is 14.4. The molecule has 1 N–H and O–H groups in total.